The lowest BCUT2D eigenvalue weighted by Gasteiger charge is -2.28. The van der Waals surface area contributed by atoms with E-state index in [9.17, 15) is 14.9 Å². The molecule has 10 nitrogen and oxygen atoms in total. The number of carboxylic acids is 1. The van der Waals surface area contributed by atoms with Crippen molar-refractivity contribution in [3.63, 3.8) is 0 Å². The quantitative estimate of drug-likeness (QED) is 0.279. The number of morpholine rings is 1. The van der Waals surface area contributed by atoms with Crippen LogP contribution in [0.2, 0.25) is 15.2 Å². The zero-order valence-corrected chi connectivity index (χ0v) is 17.4. The second-order valence-electron chi connectivity index (χ2n) is 6.03. The Morgan fingerprint density at radius 2 is 2.00 bits per heavy atom. The minimum Gasteiger partial charge on any atom is -0.476 e. The summed E-state index contributed by atoms with van der Waals surface area (Å²) in [5.41, 5.74) is 2.82. The molecular weight excluding hydrogens is 461 g/mol. The summed E-state index contributed by atoms with van der Waals surface area (Å²) >= 11 is 17.9. The van der Waals surface area contributed by atoms with E-state index in [1.54, 1.807) is 12.1 Å². The molecule has 0 amide bonds. The van der Waals surface area contributed by atoms with E-state index in [1.807, 2.05) is 4.90 Å². The van der Waals surface area contributed by atoms with Crippen LogP contribution in [0.1, 0.15) is 16.1 Å². The number of hydrazone groups is 1. The molecule has 3 rings (SSSR count). The van der Waals surface area contributed by atoms with Crippen LogP contribution in [-0.2, 0) is 4.74 Å². The minimum atomic E-state index is -1.39. The van der Waals surface area contributed by atoms with Crippen molar-refractivity contribution in [2.45, 2.75) is 0 Å². The number of anilines is 2. The molecule has 0 radical (unpaired) electrons. The summed E-state index contributed by atoms with van der Waals surface area (Å²) in [4.78, 5) is 27.7. The lowest BCUT2D eigenvalue weighted by molar-refractivity contribution is -0.384. The van der Waals surface area contributed by atoms with E-state index < -0.39 is 16.6 Å². The lowest BCUT2D eigenvalue weighted by Crippen LogP contribution is -2.36. The highest BCUT2D eigenvalue weighted by molar-refractivity contribution is 6.46. The first kappa shape index (κ1) is 22.0. The number of nitrogens with zero attached hydrogens (tertiary/aromatic N) is 4. The highest BCUT2D eigenvalue weighted by Gasteiger charge is 2.22. The summed E-state index contributed by atoms with van der Waals surface area (Å²) in [6, 6.07) is 4.67. The molecule has 2 heterocycles. The highest BCUT2D eigenvalue weighted by Crippen LogP contribution is 2.37. The van der Waals surface area contributed by atoms with Crippen molar-refractivity contribution < 1.29 is 19.6 Å². The van der Waals surface area contributed by atoms with Gasteiger partial charge in [-0.3, -0.25) is 15.5 Å². The molecule has 1 aromatic heterocycles. The van der Waals surface area contributed by atoms with Gasteiger partial charge in [0.15, 0.2) is 10.8 Å². The first-order valence-electron chi connectivity index (χ1n) is 8.47. The third-order valence-corrected chi connectivity index (χ3v) is 5.28. The Labute approximate surface area is 185 Å². The van der Waals surface area contributed by atoms with Gasteiger partial charge in [-0.15, -0.1) is 0 Å². The Hall–Kier alpha value is -2.66. The monoisotopic (exact) mass is 473 g/mol. The van der Waals surface area contributed by atoms with Crippen LogP contribution in [0.3, 0.4) is 0 Å². The molecule has 1 aromatic carbocycles. The number of aromatic nitrogens is 1. The number of halogens is 3. The largest absolute Gasteiger partial charge is 0.476 e. The van der Waals surface area contributed by atoms with E-state index in [1.165, 1.54) is 12.3 Å². The Kier molecular flexibility index (Phi) is 6.93. The van der Waals surface area contributed by atoms with Gasteiger partial charge in [0.2, 0.25) is 0 Å². The summed E-state index contributed by atoms with van der Waals surface area (Å²) in [7, 11) is 0. The van der Waals surface area contributed by atoms with E-state index in [0.29, 0.717) is 37.6 Å². The smallest absolute Gasteiger partial charge is 0.356 e. The Morgan fingerprint density at radius 1 is 1.30 bits per heavy atom. The van der Waals surface area contributed by atoms with Crippen LogP contribution in [0.25, 0.3) is 0 Å². The topological polar surface area (TPSA) is 130 Å². The minimum absolute atomic E-state index is 0.0496. The van der Waals surface area contributed by atoms with E-state index in [4.69, 9.17) is 44.6 Å². The van der Waals surface area contributed by atoms with Gasteiger partial charge in [-0.2, -0.15) is 5.10 Å². The second kappa shape index (κ2) is 9.43. The molecule has 2 N–H and O–H groups in total. The van der Waals surface area contributed by atoms with Crippen molar-refractivity contribution >= 4 is 64.0 Å². The molecule has 13 heteroatoms. The SMILES string of the molecule is O=C(O)c1nc(Cl)c(Cl)c(NN=Cc2ccc(N3CCOCC3)c([N+](=O)[O-])c2)c1Cl. The molecule has 0 saturated carbocycles. The second-order valence-corrected chi connectivity index (χ2v) is 7.15. The Balaban J connectivity index is 1.86. The molecule has 30 heavy (non-hydrogen) atoms. The van der Waals surface area contributed by atoms with Gasteiger partial charge in [-0.05, 0) is 6.07 Å². The van der Waals surface area contributed by atoms with Gasteiger partial charge in [0.1, 0.15) is 15.7 Å². The van der Waals surface area contributed by atoms with Crippen LogP contribution in [0.4, 0.5) is 17.1 Å². The van der Waals surface area contributed by atoms with Crippen molar-refractivity contribution in [3.05, 3.63) is 54.8 Å². The number of carboxylic acid groups (broad SMARTS) is 1. The van der Waals surface area contributed by atoms with Crippen LogP contribution in [-0.4, -0.2) is 53.5 Å². The number of pyridine rings is 1. The van der Waals surface area contributed by atoms with Crippen LogP contribution in [0.15, 0.2) is 23.3 Å². The van der Waals surface area contributed by atoms with Crippen molar-refractivity contribution in [2.75, 3.05) is 36.6 Å². The van der Waals surface area contributed by atoms with E-state index in [-0.39, 0.29) is 26.6 Å². The molecular formula is C17H14Cl3N5O5. The Morgan fingerprint density at radius 3 is 2.63 bits per heavy atom. The van der Waals surface area contributed by atoms with Gasteiger partial charge in [0, 0.05) is 24.7 Å². The predicted octanol–water partition coefficient (Wildman–Crippen LogP) is 3.93. The number of hydrogen-bond acceptors (Lipinski definition) is 8. The average molecular weight is 475 g/mol. The average Bonchev–Trinajstić information content (AvgIpc) is 2.73. The summed E-state index contributed by atoms with van der Waals surface area (Å²) in [6.07, 6.45) is 1.30. The molecule has 0 spiro atoms. The van der Waals surface area contributed by atoms with Crippen molar-refractivity contribution in [2.24, 2.45) is 5.10 Å². The third kappa shape index (κ3) is 4.73. The maximum atomic E-state index is 11.5. The van der Waals surface area contributed by atoms with Crippen molar-refractivity contribution in [1.82, 2.24) is 4.98 Å². The normalized spacial score (nSPS) is 14.2. The number of nitro benzene ring substituents is 1. The standard InChI is InChI=1S/C17H14Cl3N5O5/c18-12-14(13(19)16(20)22-15(12)17(26)27)23-21-8-9-1-2-10(11(7-9)25(28)29)24-3-5-30-6-4-24/h1-2,7-8H,3-6H2,(H,22,23)(H,26,27). The van der Waals surface area contributed by atoms with Crippen LogP contribution >= 0.6 is 34.8 Å². The van der Waals surface area contributed by atoms with E-state index in [0.717, 1.165) is 0 Å². The Bertz CT molecular complexity index is 1030. The van der Waals surface area contributed by atoms with Gasteiger partial charge in [0.25, 0.3) is 5.69 Å². The maximum Gasteiger partial charge on any atom is 0.356 e. The predicted molar refractivity (Wildman–Crippen MR) is 114 cm³/mol. The van der Waals surface area contributed by atoms with Crippen LogP contribution < -0.4 is 10.3 Å². The summed E-state index contributed by atoms with van der Waals surface area (Å²) in [5.74, 6) is -1.39. The molecule has 1 fully saturated rings. The number of hydrogen-bond donors (Lipinski definition) is 2. The maximum absolute atomic E-state index is 11.5. The molecule has 158 valence electrons. The van der Waals surface area contributed by atoms with Gasteiger partial charge >= 0.3 is 5.97 Å². The number of carbonyl (C=O) groups is 1. The summed E-state index contributed by atoms with van der Waals surface area (Å²) in [5, 5.41) is 23.9. The summed E-state index contributed by atoms with van der Waals surface area (Å²) in [6.45, 7) is 2.11. The van der Waals surface area contributed by atoms with Gasteiger partial charge in [-0.25, -0.2) is 9.78 Å². The molecule has 1 aliphatic heterocycles. The number of nitrogens with one attached hydrogen (secondary N) is 1. The van der Waals surface area contributed by atoms with E-state index in [2.05, 4.69) is 15.5 Å². The lowest BCUT2D eigenvalue weighted by atomic mass is 10.1. The summed E-state index contributed by atoms with van der Waals surface area (Å²) < 4.78 is 5.28. The fourth-order valence-electron chi connectivity index (χ4n) is 2.76. The fraction of sp³-hybridized carbons (Fsp3) is 0.235. The first-order chi connectivity index (χ1) is 14.3. The number of aromatic carboxylic acids is 1. The van der Waals surface area contributed by atoms with Gasteiger partial charge in [0.05, 0.1) is 30.0 Å². The van der Waals surface area contributed by atoms with Gasteiger partial charge < -0.3 is 14.7 Å². The number of nitro groups is 1. The first-order valence-corrected chi connectivity index (χ1v) is 9.61. The molecule has 2 aromatic rings. The molecule has 0 bridgehead atoms. The zero-order chi connectivity index (χ0) is 21.8. The van der Waals surface area contributed by atoms with E-state index >= 15 is 0 Å². The molecule has 1 saturated heterocycles. The fourth-order valence-corrected chi connectivity index (χ4v) is 3.43. The third-order valence-electron chi connectivity index (χ3n) is 4.18. The molecule has 0 atom stereocenters. The van der Waals surface area contributed by atoms with Crippen LogP contribution in [0.5, 0.6) is 0 Å². The zero-order valence-electron chi connectivity index (χ0n) is 15.1. The molecule has 1 aliphatic rings. The number of benzene rings is 1. The van der Waals surface area contributed by atoms with Gasteiger partial charge in [-0.1, -0.05) is 40.9 Å². The number of rotatable bonds is 6. The highest BCUT2D eigenvalue weighted by atomic mass is 35.5. The van der Waals surface area contributed by atoms with Crippen LogP contribution in [0, 0.1) is 10.1 Å². The molecule has 0 unspecified atom stereocenters. The van der Waals surface area contributed by atoms with Crippen molar-refractivity contribution in [3.8, 4) is 0 Å². The number of ether oxygens (including phenoxy) is 1. The molecule has 0 aliphatic carbocycles. The van der Waals surface area contributed by atoms with Crippen molar-refractivity contribution in [1.29, 1.82) is 0 Å².